The number of rotatable bonds is 3. The number of likely N-dealkylation sites (tertiary alicyclic amines) is 1. The van der Waals surface area contributed by atoms with Crippen LogP contribution < -0.4 is 5.32 Å². The summed E-state index contributed by atoms with van der Waals surface area (Å²) in [5.74, 6) is 1.61. The zero-order chi connectivity index (χ0) is 10.7. The van der Waals surface area contributed by atoms with Gasteiger partial charge >= 0.3 is 0 Å². The van der Waals surface area contributed by atoms with E-state index in [2.05, 4.69) is 17.1 Å². The first kappa shape index (κ1) is 11.4. The molecule has 0 spiro atoms. The van der Waals surface area contributed by atoms with Gasteiger partial charge in [0.2, 0.25) is 0 Å². The van der Waals surface area contributed by atoms with Crippen LogP contribution in [0.25, 0.3) is 0 Å². The molecule has 0 aromatic heterocycles. The topological polar surface area (TPSA) is 24.5 Å². The number of ether oxygens (including phenoxy) is 1. The summed E-state index contributed by atoms with van der Waals surface area (Å²) in [4.78, 5) is 2.66. The minimum atomic E-state index is 0.771. The molecule has 0 aromatic rings. The van der Waals surface area contributed by atoms with Gasteiger partial charge in [0.05, 0.1) is 6.61 Å². The van der Waals surface area contributed by atoms with E-state index in [1.807, 2.05) is 7.11 Å². The Morgan fingerprint density at radius 2 is 2.27 bits per heavy atom. The molecular formula is C12H24N2O. The molecule has 2 heterocycles. The first-order valence-corrected chi connectivity index (χ1v) is 6.23. The van der Waals surface area contributed by atoms with E-state index < -0.39 is 0 Å². The van der Waals surface area contributed by atoms with Gasteiger partial charge in [0.15, 0.2) is 0 Å². The second-order valence-electron chi connectivity index (χ2n) is 5.26. The van der Waals surface area contributed by atoms with Crippen molar-refractivity contribution < 1.29 is 4.74 Å². The van der Waals surface area contributed by atoms with Crippen LogP contribution in [0.15, 0.2) is 0 Å². The van der Waals surface area contributed by atoms with Crippen molar-refractivity contribution in [3.05, 3.63) is 0 Å². The monoisotopic (exact) mass is 212 g/mol. The quantitative estimate of drug-likeness (QED) is 0.754. The van der Waals surface area contributed by atoms with Crippen molar-refractivity contribution in [2.45, 2.75) is 25.8 Å². The Morgan fingerprint density at radius 1 is 1.40 bits per heavy atom. The van der Waals surface area contributed by atoms with Crippen molar-refractivity contribution in [1.29, 1.82) is 0 Å². The minimum Gasteiger partial charge on any atom is -0.384 e. The molecule has 0 amide bonds. The summed E-state index contributed by atoms with van der Waals surface area (Å²) in [6.07, 6.45) is 2.69. The third kappa shape index (κ3) is 2.92. The third-order valence-corrected chi connectivity index (χ3v) is 3.78. The van der Waals surface area contributed by atoms with Crippen molar-refractivity contribution in [1.82, 2.24) is 10.2 Å². The molecule has 3 unspecified atom stereocenters. The molecule has 2 fully saturated rings. The molecule has 3 heteroatoms. The van der Waals surface area contributed by atoms with Crippen molar-refractivity contribution in [2.75, 3.05) is 39.9 Å². The van der Waals surface area contributed by atoms with Crippen LogP contribution in [0.1, 0.15) is 19.8 Å². The highest BCUT2D eigenvalue weighted by Gasteiger charge is 2.30. The van der Waals surface area contributed by atoms with E-state index in [-0.39, 0.29) is 0 Å². The van der Waals surface area contributed by atoms with Crippen LogP contribution in [0.3, 0.4) is 0 Å². The Morgan fingerprint density at radius 3 is 3.00 bits per heavy atom. The second kappa shape index (κ2) is 5.28. The van der Waals surface area contributed by atoms with Gasteiger partial charge in [-0.25, -0.2) is 0 Å². The van der Waals surface area contributed by atoms with Gasteiger partial charge in [0.25, 0.3) is 0 Å². The third-order valence-electron chi connectivity index (χ3n) is 3.78. The van der Waals surface area contributed by atoms with E-state index in [1.165, 1.54) is 39.0 Å². The summed E-state index contributed by atoms with van der Waals surface area (Å²) in [6.45, 7) is 8.18. The van der Waals surface area contributed by atoms with Gasteiger partial charge in [-0.15, -0.1) is 0 Å². The van der Waals surface area contributed by atoms with E-state index in [9.17, 15) is 0 Å². The van der Waals surface area contributed by atoms with E-state index in [1.54, 1.807) is 0 Å². The number of methoxy groups -OCH3 is 1. The summed E-state index contributed by atoms with van der Waals surface area (Å²) in [6, 6.07) is 0.774. The second-order valence-corrected chi connectivity index (χ2v) is 5.26. The van der Waals surface area contributed by atoms with Gasteiger partial charge in [-0.05, 0) is 37.8 Å². The molecule has 0 bridgehead atoms. The molecule has 15 heavy (non-hydrogen) atoms. The van der Waals surface area contributed by atoms with E-state index in [0.29, 0.717) is 0 Å². The number of nitrogens with one attached hydrogen (secondary N) is 1. The van der Waals surface area contributed by atoms with E-state index in [0.717, 1.165) is 24.5 Å². The van der Waals surface area contributed by atoms with Crippen LogP contribution in [0, 0.1) is 11.8 Å². The predicted octanol–water partition coefficient (Wildman–Crippen LogP) is 0.953. The Balaban J connectivity index is 1.79. The fraction of sp³-hybridized carbons (Fsp3) is 1.00. The van der Waals surface area contributed by atoms with Crippen LogP contribution >= 0.6 is 0 Å². The Hall–Kier alpha value is -0.120. The molecule has 2 aliphatic rings. The average molecular weight is 212 g/mol. The first-order valence-electron chi connectivity index (χ1n) is 6.23. The van der Waals surface area contributed by atoms with Gasteiger partial charge in [0.1, 0.15) is 0 Å². The maximum Gasteiger partial charge on any atom is 0.0503 e. The van der Waals surface area contributed by atoms with Crippen LogP contribution in [0.2, 0.25) is 0 Å². The zero-order valence-electron chi connectivity index (χ0n) is 10.0. The summed E-state index contributed by atoms with van der Waals surface area (Å²) in [7, 11) is 1.81. The van der Waals surface area contributed by atoms with E-state index >= 15 is 0 Å². The molecular weight excluding hydrogens is 188 g/mol. The molecule has 2 rings (SSSR count). The van der Waals surface area contributed by atoms with Crippen LogP contribution in [-0.2, 0) is 4.74 Å². The average Bonchev–Trinajstić information content (AvgIpc) is 2.67. The Bertz CT molecular complexity index is 198. The molecule has 2 aliphatic heterocycles. The van der Waals surface area contributed by atoms with Crippen LogP contribution in [0.5, 0.6) is 0 Å². The van der Waals surface area contributed by atoms with Crippen molar-refractivity contribution >= 4 is 0 Å². The van der Waals surface area contributed by atoms with Crippen LogP contribution in [-0.4, -0.2) is 50.8 Å². The highest BCUT2D eigenvalue weighted by molar-refractivity contribution is 4.86. The van der Waals surface area contributed by atoms with Gasteiger partial charge in [0, 0.05) is 26.2 Å². The van der Waals surface area contributed by atoms with Gasteiger partial charge in [-0.2, -0.15) is 0 Å². The molecule has 2 saturated heterocycles. The fourth-order valence-electron chi connectivity index (χ4n) is 2.97. The van der Waals surface area contributed by atoms with Crippen molar-refractivity contribution in [3.8, 4) is 0 Å². The number of hydrogen-bond acceptors (Lipinski definition) is 3. The highest BCUT2D eigenvalue weighted by Crippen LogP contribution is 2.23. The summed E-state index contributed by atoms with van der Waals surface area (Å²) in [5, 5.41) is 3.54. The van der Waals surface area contributed by atoms with E-state index in [4.69, 9.17) is 4.74 Å². The molecule has 0 aromatic carbocycles. The predicted molar refractivity (Wildman–Crippen MR) is 62.0 cm³/mol. The maximum absolute atomic E-state index is 5.24. The maximum atomic E-state index is 5.24. The lowest BCUT2D eigenvalue weighted by molar-refractivity contribution is 0.135. The highest BCUT2D eigenvalue weighted by atomic mass is 16.5. The zero-order valence-corrected chi connectivity index (χ0v) is 10.0. The molecule has 0 radical (unpaired) electrons. The lowest BCUT2D eigenvalue weighted by Gasteiger charge is -2.34. The normalized spacial score (nSPS) is 38.4. The number of hydrogen-bond donors (Lipinski definition) is 1. The number of nitrogens with zero attached hydrogens (tertiary/aromatic N) is 1. The standard InChI is InChI=1S/C12H24N2O/c1-10-5-12(7-13-6-10)14-4-3-11(8-14)9-15-2/h10-13H,3-9H2,1-2H3. The van der Waals surface area contributed by atoms with Gasteiger partial charge in [-0.1, -0.05) is 6.92 Å². The van der Waals surface area contributed by atoms with Crippen molar-refractivity contribution in [2.24, 2.45) is 11.8 Å². The van der Waals surface area contributed by atoms with Gasteiger partial charge < -0.3 is 10.1 Å². The molecule has 0 saturated carbocycles. The smallest absolute Gasteiger partial charge is 0.0503 e. The molecule has 88 valence electrons. The fourth-order valence-corrected chi connectivity index (χ4v) is 2.97. The van der Waals surface area contributed by atoms with Crippen molar-refractivity contribution in [3.63, 3.8) is 0 Å². The minimum absolute atomic E-state index is 0.771. The van der Waals surface area contributed by atoms with Crippen LogP contribution in [0.4, 0.5) is 0 Å². The lowest BCUT2D eigenvalue weighted by atomic mass is 9.97. The Kier molecular flexibility index (Phi) is 4.00. The number of piperidine rings is 1. The first-order chi connectivity index (χ1) is 7.29. The summed E-state index contributed by atoms with van der Waals surface area (Å²) < 4.78 is 5.24. The Labute approximate surface area is 93.2 Å². The molecule has 0 aliphatic carbocycles. The molecule has 1 N–H and O–H groups in total. The largest absolute Gasteiger partial charge is 0.384 e. The molecule has 3 nitrogen and oxygen atoms in total. The summed E-state index contributed by atoms with van der Waals surface area (Å²) >= 11 is 0. The lowest BCUT2D eigenvalue weighted by Crippen LogP contribution is -2.47. The summed E-state index contributed by atoms with van der Waals surface area (Å²) in [5.41, 5.74) is 0. The van der Waals surface area contributed by atoms with Gasteiger partial charge in [-0.3, -0.25) is 4.90 Å². The molecule has 3 atom stereocenters. The SMILES string of the molecule is COCC1CCN(C2CNCC(C)C2)C1.